The Morgan fingerprint density at radius 2 is 2.12 bits per heavy atom. The molecule has 0 unspecified atom stereocenters. The highest BCUT2D eigenvalue weighted by Gasteiger charge is 2.37. The zero-order valence-corrected chi connectivity index (χ0v) is 13.9. The molecule has 2 atom stereocenters. The second-order valence-corrected chi connectivity index (χ2v) is 6.64. The van der Waals surface area contributed by atoms with Gasteiger partial charge in [-0.15, -0.1) is 5.10 Å². The maximum absolute atomic E-state index is 12.9. The van der Waals surface area contributed by atoms with Crippen molar-refractivity contribution in [3.05, 3.63) is 23.8 Å². The third-order valence-electron chi connectivity index (χ3n) is 4.88. The van der Waals surface area contributed by atoms with E-state index in [4.69, 9.17) is 4.74 Å². The van der Waals surface area contributed by atoms with E-state index >= 15 is 0 Å². The maximum atomic E-state index is 12.9. The second kappa shape index (κ2) is 6.49. The number of piperidine rings is 1. The predicted molar refractivity (Wildman–Crippen MR) is 83.3 cm³/mol. The lowest BCUT2D eigenvalue weighted by Gasteiger charge is -2.34. The molecular formula is C16H18F3N5O2. The van der Waals surface area contributed by atoms with Gasteiger partial charge in [-0.1, -0.05) is 0 Å². The molecule has 4 rings (SSSR count). The minimum Gasteiger partial charge on any atom is -0.368 e. The number of amides is 1. The number of carbonyl (C=O) groups is 1. The SMILES string of the molecule is O=C([C@H]1CCCO1)N1CCC[C@@H](c2ccnc3nc(C(F)(F)F)nn23)C1. The molecule has 7 nitrogen and oxygen atoms in total. The van der Waals surface area contributed by atoms with E-state index in [1.165, 1.54) is 6.20 Å². The van der Waals surface area contributed by atoms with Gasteiger partial charge in [0.25, 0.3) is 17.5 Å². The number of nitrogens with zero attached hydrogens (tertiary/aromatic N) is 5. The Morgan fingerprint density at radius 1 is 1.27 bits per heavy atom. The highest BCUT2D eigenvalue weighted by atomic mass is 19.4. The van der Waals surface area contributed by atoms with Crippen molar-refractivity contribution in [1.29, 1.82) is 0 Å². The first-order chi connectivity index (χ1) is 12.4. The molecule has 10 heteroatoms. The van der Waals surface area contributed by atoms with E-state index in [2.05, 4.69) is 15.1 Å². The molecule has 26 heavy (non-hydrogen) atoms. The van der Waals surface area contributed by atoms with E-state index in [1.54, 1.807) is 11.0 Å². The summed E-state index contributed by atoms with van der Waals surface area (Å²) in [6, 6.07) is 1.65. The van der Waals surface area contributed by atoms with Crippen LogP contribution in [0.1, 0.15) is 43.1 Å². The largest absolute Gasteiger partial charge is 0.453 e. The lowest BCUT2D eigenvalue weighted by atomic mass is 9.94. The highest BCUT2D eigenvalue weighted by Crippen LogP contribution is 2.30. The van der Waals surface area contributed by atoms with Gasteiger partial charge in [0.05, 0.1) is 5.69 Å². The summed E-state index contributed by atoms with van der Waals surface area (Å²) in [7, 11) is 0. The van der Waals surface area contributed by atoms with Crippen molar-refractivity contribution in [3.63, 3.8) is 0 Å². The molecule has 0 N–H and O–H groups in total. The molecule has 2 aromatic heterocycles. The first-order valence-corrected chi connectivity index (χ1v) is 8.63. The lowest BCUT2D eigenvalue weighted by Crippen LogP contribution is -2.44. The maximum Gasteiger partial charge on any atom is 0.453 e. The van der Waals surface area contributed by atoms with Gasteiger partial charge < -0.3 is 9.64 Å². The monoisotopic (exact) mass is 369 g/mol. The summed E-state index contributed by atoms with van der Waals surface area (Å²) in [6.45, 7) is 1.66. The summed E-state index contributed by atoms with van der Waals surface area (Å²) in [5.41, 5.74) is 0.586. The van der Waals surface area contributed by atoms with E-state index < -0.39 is 18.1 Å². The molecule has 0 spiro atoms. The zero-order valence-electron chi connectivity index (χ0n) is 13.9. The van der Waals surface area contributed by atoms with Gasteiger partial charge in [0.1, 0.15) is 6.10 Å². The van der Waals surface area contributed by atoms with Crippen molar-refractivity contribution >= 4 is 11.7 Å². The van der Waals surface area contributed by atoms with E-state index in [9.17, 15) is 18.0 Å². The van der Waals surface area contributed by atoms with Crippen LogP contribution in [-0.2, 0) is 15.7 Å². The van der Waals surface area contributed by atoms with Crippen LogP contribution in [0, 0.1) is 0 Å². The first kappa shape index (κ1) is 17.2. The van der Waals surface area contributed by atoms with Gasteiger partial charge in [-0.3, -0.25) is 4.79 Å². The first-order valence-electron chi connectivity index (χ1n) is 8.63. The second-order valence-electron chi connectivity index (χ2n) is 6.64. The molecule has 2 aliphatic heterocycles. The molecule has 0 aliphatic carbocycles. The number of hydrogen-bond donors (Lipinski definition) is 0. The van der Waals surface area contributed by atoms with Crippen LogP contribution in [0.25, 0.3) is 5.78 Å². The Balaban J connectivity index is 1.60. The van der Waals surface area contributed by atoms with Crippen LogP contribution in [-0.4, -0.2) is 56.2 Å². The van der Waals surface area contributed by atoms with Gasteiger partial charge in [0, 0.05) is 31.8 Å². The number of likely N-dealkylation sites (tertiary alicyclic amines) is 1. The molecule has 1 amide bonds. The van der Waals surface area contributed by atoms with E-state index in [1.807, 2.05) is 0 Å². The quantitative estimate of drug-likeness (QED) is 0.810. The molecule has 2 saturated heterocycles. The Kier molecular flexibility index (Phi) is 4.29. The topological polar surface area (TPSA) is 72.6 Å². The molecular weight excluding hydrogens is 351 g/mol. The van der Waals surface area contributed by atoms with Crippen LogP contribution < -0.4 is 0 Å². The molecule has 2 fully saturated rings. The summed E-state index contributed by atoms with van der Waals surface area (Å²) < 4.78 is 45.3. The van der Waals surface area contributed by atoms with E-state index in [0.717, 1.165) is 30.2 Å². The van der Waals surface area contributed by atoms with Crippen molar-refractivity contribution in [2.24, 2.45) is 0 Å². The Morgan fingerprint density at radius 3 is 2.85 bits per heavy atom. The van der Waals surface area contributed by atoms with Crippen molar-refractivity contribution in [1.82, 2.24) is 24.5 Å². The third-order valence-corrected chi connectivity index (χ3v) is 4.88. The van der Waals surface area contributed by atoms with Gasteiger partial charge >= 0.3 is 6.18 Å². The van der Waals surface area contributed by atoms with Crippen LogP contribution in [0.4, 0.5) is 13.2 Å². The fraction of sp³-hybridized carbons (Fsp3) is 0.625. The minimum atomic E-state index is -4.63. The van der Waals surface area contributed by atoms with Crippen molar-refractivity contribution in [3.8, 4) is 0 Å². The number of hydrogen-bond acceptors (Lipinski definition) is 5. The molecule has 0 aromatic carbocycles. The molecule has 0 bridgehead atoms. The smallest absolute Gasteiger partial charge is 0.368 e. The fourth-order valence-corrected chi connectivity index (χ4v) is 3.64. The standard InChI is InChI=1S/C16H18F3N5O2/c17-16(18,19)14-21-15-20-6-5-11(24(15)22-14)10-3-1-7-23(9-10)13(25)12-4-2-8-26-12/h5-6,10,12H,1-4,7-9H2/t10-,12-/m1/s1. The van der Waals surface area contributed by atoms with Gasteiger partial charge in [-0.05, 0) is 31.7 Å². The van der Waals surface area contributed by atoms with Crippen molar-refractivity contribution in [2.45, 2.75) is 43.9 Å². The van der Waals surface area contributed by atoms with Gasteiger partial charge in [0.15, 0.2) is 0 Å². The zero-order chi connectivity index (χ0) is 18.3. The van der Waals surface area contributed by atoms with E-state index in [-0.39, 0.29) is 17.6 Å². The molecule has 0 saturated carbocycles. The summed E-state index contributed by atoms with van der Waals surface area (Å²) in [6.07, 6.45) is -0.465. The molecule has 0 radical (unpaired) electrons. The fourth-order valence-electron chi connectivity index (χ4n) is 3.64. The van der Waals surface area contributed by atoms with Crippen LogP contribution in [0.5, 0.6) is 0 Å². The van der Waals surface area contributed by atoms with E-state index in [0.29, 0.717) is 25.4 Å². The summed E-state index contributed by atoms with van der Waals surface area (Å²) in [5.74, 6) is -1.45. The van der Waals surface area contributed by atoms with Crippen LogP contribution >= 0.6 is 0 Å². The number of aromatic nitrogens is 4. The third kappa shape index (κ3) is 3.13. The molecule has 4 heterocycles. The average Bonchev–Trinajstić information content (AvgIpc) is 3.30. The normalized spacial score (nSPS) is 24.3. The van der Waals surface area contributed by atoms with Gasteiger partial charge in [-0.2, -0.15) is 18.2 Å². The molecule has 140 valence electrons. The molecule has 2 aromatic rings. The Labute approximate surface area is 147 Å². The number of carbonyl (C=O) groups excluding carboxylic acids is 1. The van der Waals surface area contributed by atoms with Crippen LogP contribution in [0.15, 0.2) is 12.3 Å². The van der Waals surface area contributed by atoms with Crippen LogP contribution in [0.3, 0.4) is 0 Å². The lowest BCUT2D eigenvalue weighted by molar-refractivity contribution is -0.144. The number of alkyl halides is 3. The Hall–Kier alpha value is -2.23. The summed E-state index contributed by atoms with van der Waals surface area (Å²) in [5, 5.41) is 3.60. The number of ether oxygens (including phenoxy) is 1. The summed E-state index contributed by atoms with van der Waals surface area (Å²) >= 11 is 0. The van der Waals surface area contributed by atoms with Crippen LogP contribution in [0.2, 0.25) is 0 Å². The van der Waals surface area contributed by atoms with Crippen molar-refractivity contribution < 1.29 is 22.7 Å². The average molecular weight is 369 g/mol. The van der Waals surface area contributed by atoms with Gasteiger partial charge in [-0.25, -0.2) is 9.50 Å². The highest BCUT2D eigenvalue weighted by molar-refractivity contribution is 5.81. The van der Waals surface area contributed by atoms with Crippen molar-refractivity contribution in [2.75, 3.05) is 19.7 Å². The number of fused-ring (bicyclic) bond motifs is 1. The molecule has 2 aliphatic rings. The van der Waals surface area contributed by atoms with Gasteiger partial charge in [0.2, 0.25) is 0 Å². The number of halogens is 3. The Bertz CT molecular complexity index is 816. The number of rotatable bonds is 2. The summed E-state index contributed by atoms with van der Waals surface area (Å²) in [4.78, 5) is 21.7. The minimum absolute atomic E-state index is 0.0351. The predicted octanol–water partition coefficient (Wildman–Crippen LogP) is 2.03.